The smallest absolute Gasteiger partial charge is 0.0922 e. The first kappa shape index (κ1) is 12.4. The maximum Gasteiger partial charge on any atom is 0.0922 e. The zero-order chi connectivity index (χ0) is 12.3. The molecule has 0 saturated carbocycles. The average Bonchev–Trinajstić information content (AvgIpc) is 2.78. The third kappa shape index (κ3) is 3.22. The lowest BCUT2D eigenvalue weighted by Crippen LogP contribution is -2.18. The Labute approximate surface area is 110 Å². The summed E-state index contributed by atoms with van der Waals surface area (Å²) in [5, 5.41) is 4.70. The first-order chi connectivity index (χ1) is 8.16. The van der Waals surface area contributed by atoms with E-state index in [1.807, 2.05) is 12.1 Å². The summed E-state index contributed by atoms with van der Waals surface area (Å²) in [6, 6.07) is 5.70. The summed E-state index contributed by atoms with van der Waals surface area (Å²) < 4.78 is 0. The molecule has 0 radical (unpaired) electrons. The topological polar surface area (TPSA) is 40.7 Å². The van der Waals surface area contributed by atoms with E-state index in [0.29, 0.717) is 10.0 Å². The summed E-state index contributed by atoms with van der Waals surface area (Å²) in [5.74, 6) is 0. The van der Waals surface area contributed by atoms with Crippen LogP contribution in [0.25, 0.3) is 0 Å². The largest absolute Gasteiger partial charge is 0.347 e. The van der Waals surface area contributed by atoms with E-state index in [1.165, 1.54) is 0 Å². The third-order valence-corrected chi connectivity index (χ3v) is 3.14. The van der Waals surface area contributed by atoms with Crippen molar-refractivity contribution in [1.29, 1.82) is 0 Å². The molecule has 1 atom stereocenters. The quantitative estimate of drug-likeness (QED) is 0.891. The number of imidazole rings is 1. The van der Waals surface area contributed by atoms with E-state index in [-0.39, 0.29) is 6.04 Å². The second-order valence-corrected chi connectivity index (χ2v) is 4.69. The molecule has 3 nitrogen and oxygen atoms in total. The van der Waals surface area contributed by atoms with Crippen LogP contribution >= 0.6 is 23.2 Å². The first-order valence-corrected chi connectivity index (χ1v) is 6.08. The first-order valence-electron chi connectivity index (χ1n) is 5.32. The molecule has 5 heteroatoms. The van der Waals surface area contributed by atoms with Crippen LogP contribution in [0.2, 0.25) is 10.0 Å². The van der Waals surface area contributed by atoms with Gasteiger partial charge in [0, 0.05) is 34.5 Å². The van der Waals surface area contributed by atoms with Gasteiger partial charge in [-0.05, 0) is 24.6 Å². The summed E-state index contributed by atoms with van der Waals surface area (Å²) in [6.07, 6.45) is 3.46. The van der Waals surface area contributed by atoms with Crippen molar-refractivity contribution in [2.45, 2.75) is 19.5 Å². The Hall–Kier alpha value is -1.03. The Kier molecular flexibility index (Phi) is 4.05. The van der Waals surface area contributed by atoms with Crippen LogP contribution in [-0.4, -0.2) is 9.97 Å². The molecule has 1 heterocycles. The van der Waals surface area contributed by atoms with Gasteiger partial charge in [0.15, 0.2) is 0 Å². The van der Waals surface area contributed by atoms with Crippen LogP contribution in [0, 0.1) is 0 Å². The van der Waals surface area contributed by atoms with Gasteiger partial charge in [-0.2, -0.15) is 0 Å². The van der Waals surface area contributed by atoms with Crippen LogP contribution in [0.4, 0.5) is 0 Å². The van der Waals surface area contributed by atoms with Gasteiger partial charge in [-0.1, -0.05) is 29.3 Å². The molecule has 2 rings (SSSR count). The van der Waals surface area contributed by atoms with Crippen molar-refractivity contribution >= 4 is 23.2 Å². The van der Waals surface area contributed by atoms with Gasteiger partial charge in [0.25, 0.3) is 0 Å². The molecule has 2 N–H and O–H groups in total. The number of aromatic amines is 1. The lowest BCUT2D eigenvalue weighted by atomic mass is 10.1. The maximum absolute atomic E-state index is 6.14. The van der Waals surface area contributed by atoms with E-state index in [2.05, 4.69) is 22.2 Å². The molecule has 1 aromatic carbocycles. The van der Waals surface area contributed by atoms with Crippen molar-refractivity contribution in [3.63, 3.8) is 0 Å². The van der Waals surface area contributed by atoms with Gasteiger partial charge >= 0.3 is 0 Å². The van der Waals surface area contributed by atoms with Crippen LogP contribution in [0.5, 0.6) is 0 Å². The average molecular weight is 270 g/mol. The molecule has 1 aromatic heterocycles. The molecule has 90 valence electrons. The van der Waals surface area contributed by atoms with Gasteiger partial charge < -0.3 is 10.3 Å². The van der Waals surface area contributed by atoms with Gasteiger partial charge in [0.2, 0.25) is 0 Å². The number of rotatable bonds is 4. The molecule has 0 aliphatic heterocycles. The number of hydrogen-bond acceptors (Lipinski definition) is 2. The number of nitrogens with zero attached hydrogens (tertiary/aromatic N) is 1. The summed E-state index contributed by atoms with van der Waals surface area (Å²) in [7, 11) is 0. The monoisotopic (exact) mass is 269 g/mol. The fourth-order valence-corrected chi connectivity index (χ4v) is 2.18. The standard InChI is InChI=1S/C12H13Cl2N3/c1-8(16-6-10-5-15-7-17-10)11-3-2-9(13)4-12(11)14/h2-5,7-8,16H,6H2,1H3,(H,15,17). The lowest BCUT2D eigenvalue weighted by Gasteiger charge is -2.15. The van der Waals surface area contributed by atoms with Gasteiger partial charge in [0.05, 0.1) is 6.33 Å². The number of nitrogens with one attached hydrogen (secondary N) is 2. The predicted molar refractivity (Wildman–Crippen MR) is 70.3 cm³/mol. The van der Waals surface area contributed by atoms with E-state index in [1.54, 1.807) is 18.6 Å². The van der Waals surface area contributed by atoms with E-state index in [9.17, 15) is 0 Å². The highest BCUT2D eigenvalue weighted by atomic mass is 35.5. The molecular weight excluding hydrogens is 257 g/mol. The van der Waals surface area contributed by atoms with Gasteiger partial charge in [0.1, 0.15) is 0 Å². The second kappa shape index (κ2) is 5.54. The Morgan fingerprint density at radius 1 is 1.41 bits per heavy atom. The summed E-state index contributed by atoms with van der Waals surface area (Å²) in [4.78, 5) is 7.00. The van der Waals surface area contributed by atoms with Crippen LogP contribution in [0.3, 0.4) is 0 Å². The number of H-pyrrole nitrogens is 1. The number of benzene rings is 1. The minimum Gasteiger partial charge on any atom is -0.347 e. The Morgan fingerprint density at radius 2 is 2.24 bits per heavy atom. The van der Waals surface area contributed by atoms with Crippen molar-refractivity contribution in [1.82, 2.24) is 15.3 Å². The minimum absolute atomic E-state index is 0.156. The minimum atomic E-state index is 0.156. The highest BCUT2D eigenvalue weighted by molar-refractivity contribution is 6.35. The highest BCUT2D eigenvalue weighted by Crippen LogP contribution is 2.26. The Morgan fingerprint density at radius 3 is 2.88 bits per heavy atom. The molecule has 0 bridgehead atoms. The maximum atomic E-state index is 6.14. The van der Waals surface area contributed by atoms with E-state index < -0.39 is 0 Å². The summed E-state index contributed by atoms with van der Waals surface area (Å²) in [5.41, 5.74) is 2.08. The van der Waals surface area contributed by atoms with Crippen molar-refractivity contribution in [2.24, 2.45) is 0 Å². The van der Waals surface area contributed by atoms with Crippen molar-refractivity contribution in [3.05, 3.63) is 52.0 Å². The fraction of sp³-hybridized carbons (Fsp3) is 0.250. The normalized spacial score (nSPS) is 12.6. The third-order valence-electron chi connectivity index (χ3n) is 2.58. The Balaban J connectivity index is 2.01. The lowest BCUT2D eigenvalue weighted by molar-refractivity contribution is 0.569. The van der Waals surface area contributed by atoms with E-state index in [0.717, 1.165) is 17.8 Å². The fourth-order valence-electron chi connectivity index (χ4n) is 1.61. The number of hydrogen-bond donors (Lipinski definition) is 2. The van der Waals surface area contributed by atoms with Crippen molar-refractivity contribution in [3.8, 4) is 0 Å². The molecule has 0 fully saturated rings. The van der Waals surface area contributed by atoms with Crippen molar-refractivity contribution < 1.29 is 0 Å². The molecule has 2 aromatic rings. The van der Waals surface area contributed by atoms with E-state index in [4.69, 9.17) is 23.2 Å². The van der Waals surface area contributed by atoms with Crippen LogP contribution < -0.4 is 5.32 Å². The number of halogens is 2. The molecular formula is C12H13Cl2N3. The molecule has 0 saturated heterocycles. The highest BCUT2D eigenvalue weighted by Gasteiger charge is 2.09. The summed E-state index contributed by atoms with van der Waals surface area (Å²) >= 11 is 12.0. The van der Waals surface area contributed by atoms with Gasteiger partial charge in [-0.15, -0.1) is 0 Å². The molecule has 17 heavy (non-hydrogen) atoms. The zero-order valence-electron chi connectivity index (χ0n) is 9.37. The molecule has 0 spiro atoms. The van der Waals surface area contributed by atoms with Crippen LogP contribution in [0.15, 0.2) is 30.7 Å². The van der Waals surface area contributed by atoms with E-state index >= 15 is 0 Å². The SMILES string of the molecule is CC(NCc1cnc[nH]1)c1ccc(Cl)cc1Cl. The van der Waals surface area contributed by atoms with Gasteiger partial charge in [-0.25, -0.2) is 4.98 Å². The molecule has 0 aliphatic carbocycles. The van der Waals surface area contributed by atoms with Crippen LogP contribution in [0.1, 0.15) is 24.2 Å². The van der Waals surface area contributed by atoms with Crippen molar-refractivity contribution in [2.75, 3.05) is 0 Å². The summed E-state index contributed by atoms with van der Waals surface area (Å²) in [6.45, 7) is 2.78. The zero-order valence-corrected chi connectivity index (χ0v) is 10.9. The Bertz CT molecular complexity index is 483. The molecule has 0 amide bonds. The molecule has 1 unspecified atom stereocenters. The molecule has 0 aliphatic rings. The predicted octanol–water partition coefficient (Wildman–Crippen LogP) is 3.57. The number of aromatic nitrogens is 2. The van der Waals surface area contributed by atoms with Gasteiger partial charge in [-0.3, -0.25) is 0 Å². The van der Waals surface area contributed by atoms with Crippen LogP contribution in [-0.2, 0) is 6.54 Å². The second-order valence-electron chi connectivity index (χ2n) is 3.85.